The minimum absolute atomic E-state index is 0.103. The lowest BCUT2D eigenvalue weighted by Gasteiger charge is -2.45. The number of hydrogen-bond donors (Lipinski definition) is 1. The molecular weight excluding hydrogens is 397 g/mol. The Morgan fingerprint density at radius 2 is 1.75 bits per heavy atom. The quantitative estimate of drug-likeness (QED) is 0.510. The van der Waals surface area contributed by atoms with Gasteiger partial charge in [-0.25, -0.2) is 4.39 Å². The van der Waals surface area contributed by atoms with Gasteiger partial charge in [0, 0.05) is 28.7 Å². The molecule has 4 heteroatoms. The van der Waals surface area contributed by atoms with Gasteiger partial charge in [-0.1, -0.05) is 30.3 Å². The zero-order chi connectivity index (χ0) is 22.1. The largest absolute Gasteiger partial charge is 0.358 e. The number of nitrogens with zero attached hydrogens (tertiary/aromatic N) is 2. The van der Waals surface area contributed by atoms with E-state index in [0.717, 1.165) is 49.6 Å². The highest BCUT2D eigenvalue weighted by atomic mass is 19.1. The van der Waals surface area contributed by atoms with Crippen LogP contribution in [-0.2, 0) is 12.0 Å². The number of likely N-dealkylation sites (tertiary alicyclic amines) is 1. The molecule has 3 aromatic rings. The van der Waals surface area contributed by atoms with Gasteiger partial charge in [0.2, 0.25) is 0 Å². The Bertz CT molecular complexity index is 1040. The second-order valence-electron chi connectivity index (χ2n) is 10.1. The Labute approximate surface area is 191 Å². The highest BCUT2D eigenvalue weighted by Gasteiger charge is 2.39. The summed E-state index contributed by atoms with van der Waals surface area (Å²) >= 11 is 0. The third kappa shape index (κ3) is 3.99. The van der Waals surface area contributed by atoms with Crippen molar-refractivity contribution in [1.29, 1.82) is 0 Å². The van der Waals surface area contributed by atoms with Crippen LogP contribution in [0.4, 0.5) is 4.39 Å². The Morgan fingerprint density at radius 3 is 2.44 bits per heavy atom. The number of nitrogens with one attached hydrogen (secondary N) is 1. The molecule has 0 unspecified atom stereocenters. The van der Waals surface area contributed by atoms with E-state index in [0.29, 0.717) is 5.92 Å². The van der Waals surface area contributed by atoms with Crippen LogP contribution in [0.25, 0.3) is 10.9 Å². The molecule has 1 saturated heterocycles. The molecular formula is C28H36FN3. The lowest BCUT2D eigenvalue weighted by molar-refractivity contribution is 0.0903. The summed E-state index contributed by atoms with van der Waals surface area (Å²) in [7, 11) is 4.45. The van der Waals surface area contributed by atoms with Crippen molar-refractivity contribution in [2.75, 3.05) is 33.7 Å². The van der Waals surface area contributed by atoms with E-state index in [-0.39, 0.29) is 11.4 Å². The molecule has 5 rings (SSSR count). The van der Waals surface area contributed by atoms with E-state index < -0.39 is 0 Å². The topological polar surface area (TPSA) is 22.3 Å². The Hall–Kier alpha value is -2.17. The van der Waals surface area contributed by atoms with Crippen LogP contribution >= 0.6 is 0 Å². The summed E-state index contributed by atoms with van der Waals surface area (Å²) in [4.78, 5) is 8.72. The van der Waals surface area contributed by atoms with E-state index in [2.05, 4.69) is 59.2 Å². The second-order valence-corrected chi connectivity index (χ2v) is 10.1. The predicted octanol–water partition coefficient (Wildman–Crippen LogP) is 6.06. The van der Waals surface area contributed by atoms with E-state index in [9.17, 15) is 4.39 Å². The summed E-state index contributed by atoms with van der Waals surface area (Å²) in [5.41, 5.74) is 5.34. The van der Waals surface area contributed by atoms with Crippen LogP contribution in [0.5, 0.6) is 0 Å². The minimum atomic E-state index is -0.134. The smallest absolute Gasteiger partial charge is 0.123 e. The van der Waals surface area contributed by atoms with Crippen LogP contribution in [-0.4, -0.2) is 48.5 Å². The molecule has 2 heterocycles. The standard InChI is InChI=1S/C28H36FN3/c1-31(2)28(22-8-4-3-5-9-22)15-12-21(13-16-28)27-24(14-19-32-17-6-7-18-32)25-20-23(29)10-11-26(25)30-27/h3-5,8-11,20-21,30H,6-7,12-19H2,1-2H3. The highest BCUT2D eigenvalue weighted by molar-refractivity contribution is 5.85. The van der Waals surface area contributed by atoms with Crippen molar-refractivity contribution in [3.05, 3.63) is 71.2 Å². The summed E-state index contributed by atoms with van der Waals surface area (Å²) in [5.74, 6) is 0.376. The van der Waals surface area contributed by atoms with Crippen molar-refractivity contribution < 1.29 is 4.39 Å². The average Bonchev–Trinajstić information content (AvgIpc) is 3.46. The fourth-order valence-corrected chi connectivity index (χ4v) is 6.26. The monoisotopic (exact) mass is 433 g/mol. The molecule has 1 aliphatic heterocycles. The fourth-order valence-electron chi connectivity index (χ4n) is 6.26. The molecule has 0 spiro atoms. The zero-order valence-corrected chi connectivity index (χ0v) is 19.5. The van der Waals surface area contributed by atoms with Crippen molar-refractivity contribution >= 4 is 10.9 Å². The summed E-state index contributed by atoms with van der Waals surface area (Å²) in [5, 5.41) is 1.09. The number of fused-ring (bicyclic) bond motifs is 1. The zero-order valence-electron chi connectivity index (χ0n) is 19.5. The number of aromatic nitrogens is 1. The minimum Gasteiger partial charge on any atom is -0.358 e. The van der Waals surface area contributed by atoms with Gasteiger partial charge in [0.1, 0.15) is 5.82 Å². The molecule has 2 aromatic carbocycles. The van der Waals surface area contributed by atoms with Gasteiger partial charge >= 0.3 is 0 Å². The number of benzene rings is 2. The molecule has 32 heavy (non-hydrogen) atoms. The van der Waals surface area contributed by atoms with E-state index in [4.69, 9.17) is 0 Å². The summed E-state index contributed by atoms with van der Waals surface area (Å²) in [6.45, 7) is 3.49. The van der Waals surface area contributed by atoms with Crippen LogP contribution in [0.2, 0.25) is 0 Å². The maximum Gasteiger partial charge on any atom is 0.123 e. The van der Waals surface area contributed by atoms with Gasteiger partial charge in [0.15, 0.2) is 0 Å². The Morgan fingerprint density at radius 1 is 1.03 bits per heavy atom. The number of hydrogen-bond acceptors (Lipinski definition) is 2. The van der Waals surface area contributed by atoms with Crippen LogP contribution in [0.3, 0.4) is 0 Å². The molecule has 0 radical (unpaired) electrons. The third-order valence-electron chi connectivity index (χ3n) is 8.17. The summed E-state index contributed by atoms with van der Waals surface area (Å²) in [6.07, 6.45) is 8.22. The number of halogens is 1. The maximum absolute atomic E-state index is 14.2. The molecule has 1 aromatic heterocycles. The number of rotatable bonds is 6. The Kier molecular flexibility index (Phi) is 6.09. The van der Waals surface area contributed by atoms with E-state index >= 15 is 0 Å². The molecule has 1 saturated carbocycles. The molecule has 1 aliphatic carbocycles. The van der Waals surface area contributed by atoms with Gasteiger partial charge in [0.05, 0.1) is 0 Å². The molecule has 2 fully saturated rings. The van der Waals surface area contributed by atoms with Crippen LogP contribution in [0, 0.1) is 5.82 Å². The van der Waals surface area contributed by atoms with Crippen molar-refractivity contribution in [3.63, 3.8) is 0 Å². The lowest BCUT2D eigenvalue weighted by atomic mass is 9.70. The highest BCUT2D eigenvalue weighted by Crippen LogP contribution is 2.47. The lowest BCUT2D eigenvalue weighted by Crippen LogP contribution is -2.44. The maximum atomic E-state index is 14.2. The molecule has 0 bridgehead atoms. The van der Waals surface area contributed by atoms with Gasteiger partial charge in [-0.05, 0) is 107 Å². The average molecular weight is 434 g/mol. The van der Waals surface area contributed by atoms with Gasteiger partial charge in [-0.3, -0.25) is 4.90 Å². The first-order valence-electron chi connectivity index (χ1n) is 12.3. The van der Waals surface area contributed by atoms with E-state index in [1.807, 2.05) is 6.07 Å². The van der Waals surface area contributed by atoms with Crippen LogP contribution < -0.4 is 0 Å². The normalized spacial score (nSPS) is 24.6. The third-order valence-corrected chi connectivity index (χ3v) is 8.17. The van der Waals surface area contributed by atoms with Crippen molar-refractivity contribution in [2.24, 2.45) is 0 Å². The fraction of sp³-hybridized carbons (Fsp3) is 0.500. The van der Waals surface area contributed by atoms with Gasteiger partial charge in [-0.2, -0.15) is 0 Å². The summed E-state index contributed by atoms with van der Waals surface area (Å²) in [6, 6.07) is 16.2. The van der Waals surface area contributed by atoms with Crippen LogP contribution in [0.15, 0.2) is 48.5 Å². The Balaban J connectivity index is 1.42. The number of aromatic amines is 1. The van der Waals surface area contributed by atoms with Crippen molar-refractivity contribution in [1.82, 2.24) is 14.8 Å². The molecule has 3 nitrogen and oxygen atoms in total. The predicted molar refractivity (Wildman–Crippen MR) is 131 cm³/mol. The van der Waals surface area contributed by atoms with Crippen LogP contribution in [0.1, 0.15) is 61.3 Å². The van der Waals surface area contributed by atoms with Gasteiger partial charge in [-0.15, -0.1) is 0 Å². The van der Waals surface area contributed by atoms with Crippen molar-refractivity contribution in [2.45, 2.75) is 56.4 Å². The molecule has 1 N–H and O–H groups in total. The van der Waals surface area contributed by atoms with E-state index in [1.165, 1.54) is 42.8 Å². The first-order chi connectivity index (χ1) is 15.6. The second kappa shape index (κ2) is 8.99. The first-order valence-corrected chi connectivity index (χ1v) is 12.3. The van der Waals surface area contributed by atoms with Gasteiger partial charge in [0.25, 0.3) is 0 Å². The molecule has 0 amide bonds. The molecule has 2 aliphatic rings. The van der Waals surface area contributed by atoms with Gasteiger partial charge < -0.3 is 9.88 Å². The van der Waals surface area contributed by atoms with Crippen molar-refractivity contribution in [3.8, 4) is 0 Å². The van der Waals surface area contributed by atoms with E-state index in [1.54, 1.807) is 12.1 Å². The SMILES string of the molecule is CN(C)C1(c2ccccc2)CCC(c2[nH]c3ccc(F)cc3c2CCN2CCCC2)CC1. The summed E-state index contributed by atoms with van der Waals surface area (Å²) < 4.78 is 14.2. The number of H-pyrrole nitrogens is 1. The molecule has 0 atom stereocenters. The first kappa shape index (κ1) is 21.7. The molecule has 170 valence electrons.